The van der Waals surface area contributed by atoms with Gasteiger partial charge in [0.25, 0.3) is 0 Å². The van der Waals surface area contributed by atoms with Gasteiger partial charge in [-0.25, -0.2) is 13.1 Å². The van der Waals surface area contributed by atoms with E-state index < -0.39 is 10.0 Å². The number of benzene rings is 2. The number of anilines is 1. The van der Waals surface area contributed by atoms with Crippen LogP contribution in [0.3, 0.4) is 0 Å². The number of hydrogen-bond donors (Lipinski definition) is 1. The first-order chi connectivity index (χ1) is 12.8. The summed E-state index contributed by atoms with van der Waals surface area (Å²) in [5.74, 6) is 0.455. The fourth-order valence-corrected chi connectivity index (χ4v) is 4.44. The number of carbonyl (C=O) groups excluding carboxylic acids is 1. The number of nitrogens with zero attached hydrogens (tertiary/aromatic N) is 1. The Balaban J connectivity index is 1.64. The van der Waals surface area contributed by atoms with Crippen molar-refractivity contribution in [2.45, 2.75) is 39.0 Å². The van der Waals surface area contributed by atoms with Gasteiger partial charge in [-0.15, -0.1) is 0 Å². The topological polar surface area (TPSA) is 66.5 Å². The molecule has 1 aliphatic heterocycles. The molecule has 0 unspecified atom stereocenters. The van der Waals surface area contributed by atoms with E-state index in [1.54, 1.807) is 12.1 Å². The zero-order valence-corrected chi connectivity index (χ0v) is 16.6. The molecule has 0 aliphatic carbocycles. The molecule has 0 fully saturated rings. The second-order valence-electron chi connectivity index (χ2n) is 7.42. The Kier molecular flexibility index (Phi) is 5.97. The highest BCUT2D eigenvalue weighted by molar-refractivity contribution is 7.88. The van der Waals surface area contributed by atoms with Crippen LogP contribution in [0.4, 0.5) is 5.69 Å². The number of nitrogens with one attached hydrogen (secondary N) is 1. The normalized spacial score (nSPS) is 13.8. The van der Waals surface area contributed by atoms with Gasteiger partial charge >= 0.3 is 0 Å². The summed E-state index contributed by atoms with van der Waals surface area (Å²) in [6.45, 7) is 5.03. The summed E-state index contributed by atoms with van der Waals surface area (Å²) in [4.78, 5) is 14.2. The minimum absolute atomic E-state index is 0.0315. The summed E-state index contributed by atoms with van der Waals surface area (Å²) in [5.41, 5.74) is 3.73. The minimum Gasteiger partial charge on any atom is -0.312 e. The summed E-state index contributed by atoms with van der Waals surface area (Å²) < 4.78 is 27.2. The predicted octanol–water partition coefficient (Wildman–Crippen LogP) is 3.24. The van der Waals surface area contributed by atoms with Crippen molar-refractivity contribution in [2.24, 2.45) is 5.92 Å². The van der Waals surface area contributed by atoms with Crippen LogP contribution in [-0.2, 0) is 33.5 Å². The molecule has 1 heterocycles. The Morgan fingerprint density at radius 1 is 1.11 bits per heavy atom. The number of sulfonamides is 1. The summed E-state index contributed by atoms with van der Waals surface area (Å²) in [5, 5.41) is 0. The molecule has 2 aromatic carbocycles. The number of hydrogen-bond acceptors (Lipinski definition) is 3. The Labute approximate surface area is 161 Å². The average molecular weight is 387 g/mol. The SMILES string of the molecule is CC(C)CC(=O)N1CCc2cc(CNS(=O)(=O)Cc3ccccc3)ccc21. The van der Waals surface area contributed by atoms with E-state index in [4.69, 9.17) is 0 Å². The molecule has 0 atom stereocenters. The molecule has 0 radical (unpaired) electrons. The average Bonchev–Trinajstić information content (AvgIpc) is 3.03. The Morgan fingerprint density at radius 3 is 2.56 bits per heavy atom. The maximum Gasteiger partial charge on any atom is 0.227 e. The molecule has 1 aliphatic rings. The molecule has 3 rings (SSSR count). The Bertz CT molecular complexity index is 908. The lowest BCUT2D eigenvalue weighted by atomic mass is 10.1. The lowest BCUT2D eigenvalue weighted by Crippen LogP contribution is -2.29. The number of rotatable bonds is 7. The van der Waals surface area contributed by atoms with Crippen LogP contribution in [-0.4, -0.2) is 20.9 Å². The predicted molar refractivity (Wildman–Crippen MR) is 108 cm³/mol. The number of carbonyl (C=O) groups is 1. The molecule has 144 valence electrons. The molecule has 1 amide bonds. The zero-order valence-electron chi connectivity index (χ0n) is 15.8. The van der Waals surface area contributed by atoms with Crippen LogP contribution in [0.2, 0.25) is 0 Å². The third kappa shape index (κ3) is 5.17. The largest absolute Gasteiger partial charge is 0.312 e. The quantitative estimate of drug-likeness (QED) is 0.794. The Hall–Kier alpha value is -2.18. The molecule has 27 heavy (non-hydrogen) atoms. The molecule has 0 bridgehead atoms. The van der Waals surface area contributed by atoms with Crippen molar-refractivity contribution in [1.29, 1.82) is 0 Å². The molecule has 0 aromatic heterocycles. The van der Waals surface area contributed by atoms with E-state index in [1.807, 2.05) is 55.1 Å². The van der Waals surface area contributed by atoms with Gasteiger partial charge in [0.15, 0.2) is 0 Å². The highest BCUT2D eigenvalue weighted by Crippen LogP contribution is 2.30. The fourth-order valence-electron chi connectivity index (χ4n) is 3.32. The van der Waals surface area contributed by atoms with Crippen LogP contribution in [0.25, 0.3) is 0 Å². The first kappa shape index (κ1) is 19.6. The van der Waals surface area contributed by atoms with Gasteiger partial charge in [-0.1, -0.05) is 56.3 Å². The molecule has 5 nitrogen and oxygen atoms in total. The summed E-state index contributed by atoms with van der Waals surface area (Å²) in [7, 11) is -3.40. The molecule has 0 saturated carbocycles. The second-order valence-corrected chi connectivity index (χ2v) is 9.23. The highest BCUT2D eigenvalue weighted by atomic mass is 32.2. The van der Waals surface area contributed by atoms with E-state index in [9.17, 15) is 13.2 Å². The third-order valence-electron chi connectivity index (χ3n) is 4.62. The third-order valence-corrected chi connectivity index (χ3v) is 5.92. The van der Waals surface area contributed by atoms with E-state index in [2.05, 4.69) is 4.72 Å². The fraction of sp³-hybridized carbons (Fsp3) is 0.381. The van der Waals surface area contributed by atoms with Crippen molar-refractivity contribution in [3.8, 4) is 0 Å². The van der Waals surface area contributed by atoms with Gasteiger partial charge in [-0.2, -0.15) is 0 Å². The standard InChI is InChI=1S/C21H26N2O3S/c1-16(2)12-21(24)23-11-10-19-13-18(8-9-20(19)23)14-22-27(25,26)15-17-6-4-3-5-7-17/h3-9,13,16,22H,10-12,14-15H2,1-2H3. The van der Waals surface area contributed by atoms with Crippen LogP contribution in [0.1, 0.15) is 37.0 Å². The van der Waals surface area contributed by atoms with Crippen molar-refractivity contribution in [2.75, 3.05) is 11.4 Å². The van der Waals surface area contributed by atoms with Crippen molar-refractivity contribution in [3.05, 3.63) is 65.2 Å². The van der Waals surface area contributed by atoms with E-state index in [0.29, 0.717) is 18.9 Å². The van der Waals surface area contributed by atoms with Gasteiger partial charge < -0.3 is 4.90 Å². The van der Waals surface area contributed by atoms with Crippen LogP contribution in [0.15, 0.2) is 48.5 Å². The van der Waals surface area contributed by atoms with Crippen LogP contribution in [0, 0.1) is 5.92 Å². The van der Waals surface area contributed by atoms with Crippen molar-refractivity contribution < 1.29 is 13.2 Å². The lowest BCUT2D eigenvalue weighted by molar-refractivity contribution is -0.119. The van der Waals surface area contributed by atoms with Gasteiger partial charge in [0.2, 0.25) is 15.9 Å². The maximum atomic E-state index is 12.4. The highest BCUT2D eigenvalue weighted by Gasteiger charge is 2.25. The van der Waals surface area contributed by atoms with Crippen molar-refractivity contribution >= 4 is 21.6 Å². The first-order valence-electron chi connectivity index (χ1n) is 9.27. The second kappa shape index (κ2) is 8.23. The molecule has 6 heteroatoms. The van der Waals surface area contributed by atoms with Gasteiger partial charge in [0.05, 0.1) is 5.75 Å². The number of amides is 1. The number of fused-ring (bicyclic) bond motifs is 1. The van der Waals surface area contributed by atoms with E-state index in [-0.39, 0.29) is 18.2 Å². The lowest BCUT2D eigenvalue weighted by Gasteiger charge is -2.18. The van der Waals surface area contributed by atoms with E-state index in [0.717, 1.165) is 28.8 Å². The van der Waals surface area contributed by atoms with E-state index in [1.165, 1.54) is 0 Å². The van der Waals surface area contributed by atoms with Crippen molar-refractivity contribution in [3.63, 3.8) is 0 Å². The van der Waals surface area contributed by atoms with Gasteiger partial charge in [-0.3, -0.25) is 4.79 Å². The van der Waals surface area contributed by atoms with Crippen molar-refractivity contribution in [1.82, 2.24) is 4.72 Å². The van der Waals surface area contributed by atoms with Gasteiger partial charge in [0.1, 0.15) is 0 Å². The van der Waals surface area contributed by atoms with Crippen LogP contribution < -0.4 is 9.62 Å². The minimum atomic E-state index is -3.40. The molecule has 0 spiro atoms. The summed E-state index contributed by atoms with van der Waals surface area (Å²) in [6.07, 6.45) is 1.35. The van der Waals surface area contributed by atoms with Gasteiger partial charge in [-0.05, 0) is 35.1 Å². The summed E-state index contributed by atoms with van der Waals surface area (Å²) >= 11 is 0. The van der Waals surface area contributed by atoms with Gasteiger partial charge in [0, 0.05) is 25.2 Å². The van der Waals surface area contributed by atoms with Crippen LogP contribution >= 0.6 is 0 Å². The molecular weight excluding hydrogens is 360 g/mol. The monoisotopic (exact) mass is 386 g/mol. The molecule has 2 aromatic rings. The maximum absolute atomic E-state index is 12.4. The smallest absolute Gasteiger partial charge is 0.227 e. The molecule has 1 N–H and O–H groups in total. The summed E-state index contributed by atoms with van der Waals surface area (Å²) in [6, 6.07) is 15.0. The molecular formula is C21H26N2O3S. The first-order valence-corrected chi connectivity index (χ1v) is 10.9. The molecule has 0 saturated heterocycles. The Morgan fingerprint density at radius 2 is 1.85 bits per heavy atom. The zero-order chi connectivity index (χ0) is 19.4. The van der Waals surface area contributed by atoms with E-state index >= 15 is 0 Å². The van der Waals surface area contributed by atoms with Crippen LogP contribution in [0.5, 0.6) is 0 Å².